The molecule has 0 bridgehead atoms. The zero-order valence-corrected chi connectivity index (χ0v) is 16.0. The first-order chi connectivity index (χ1) is 10.5. The Bertz CT molecular complexity index is 791. The predicted molar refractivity (Wildman–Crippen MR) is 92.3 cm³/mol. The third-order valence-electron chi connectivity index (χ3n) is 3.66. The fourth-order valence-electron chi connectivity index (χ4n) is 2.62. The van der Waals surface area contributed by atoms with Gasteiger partial charge in [0.15, 0.2) is 9.84 Å². The molecule has 0 amide bonds. The molecule has 0 aliphatic carbocycles. The van der Waals surface area contributed by atoms with Crippen molar-refractivity contribution in [3.05, 3.63) is 28.2 Å². The van der Waals surface area contributed by atoms with Gasteiger partial charge < -0.3 is 0 Å². The average Bonchev–Trinajstić information content (AvgIpc) is 2.78. The van der Waals surface area contributed by atoms with Crippen LogP contribution in [-0.2, 0) is 19.9 Å². The van der Waals surface area contributed by atoms with Crippen LogP contribution in [0.2, 0.25) is 10.0 Å². The minimum atomic E-state index is -3.93. The highest BCUT2D eigenvalue weighted by Gasteiger charge is 2.39. The molecule has 0 N–H and O–H groups in total. The molecule has 1 saturated heterocycles. The lowest BCUT2D eigenvalue weighted by molar-refractivity contribution is 0.308. The summed E-state index contributed by atoms with van der Waals surface area (Å²) in [7, 11) is -7.13. The van der Waals surface area contributed by atoms with E-state index in [9.17, 15) is 16.8 Å². The largest absolute Gasteiger partial charge is 0.244 e. The van der Waals surface area contributed by atoms with E-state index in [2.05, 4.69) is 0 Å². The second kappa shape index (κ2) is 6.88. The Hall–Kier alpha value is -0.340. The first kappa shape index (κ1) is 19.0. The van der Waals surface area contributed by atoms with Gasteiger partial charge in [0.05, 0.1) is 21.6 Å². The number of hydrogen-bond donors (Lipinski definition) is 0. The minimum Gasteiger partial charge on any atom is -0.229 e. The molecule has 1 aromatic carbocycles. The Kier molecular flexibility index (Phi) is 5.68. The lowest BCUT2D eigenvalue weighted by atomic mass is 10.2. The topological polar surface area (TPSA) is 71.5 Å². The molecule has 130 valence electrons. The maximum atomic E-state index is 13.0. The van der Waals surface area contributed by atoms with Crippen LogP contribution < -0.4 is 0 Å². The molecule has 2 rings (SSSR count). The van der Waals surface area contributed by atoms with E-state index in [0.717, 1.165) is 0 Å². The van der Waals surface area contributed by atoms with Crippen LogP contribution in [-0.4, -0.2) is 45.2 Å². The summed E-state index contributed by atoms with van der Waals surface area (Å²) in [5.41, 5.74) is 0. The van der Waals surface area contributed by atoms with Gasteiger partial charge in [-0.15, -0.1) is 0 Å². The summed E-state index contributed by atoms with van der Waals surface area (Å²) < 4.78 is 50.8. The van der Waals surface area contributed by atoms with Crippen LogP contribution in [0.5, 0.6) is 0 Å². The molecule has 1 heterocycles. The van der Waals surface area contributed by atoms with Crippen LogP contribution in [0, 0.1) is 5.92 Å². The first-order valence-electron chi connectivity index (χ1n) is 7.21. The smallest absolute Gasteiger partial charge is 0.229 e. The highest BCUT2D eigenvalue weighted by Crippen LogP contribution is 2.33. The Morgan fingerprint density at radius 2 is 1.96 bits per heavy atom. The quantitative estimate of drug-likeness (QED) is 0.762. The van der Waals surface area contributed by atoms with Gasteiger partial charge in [-0.3, -0.25) is 0 Å². The predicted octanol–water partition coefficient (Wildman–Crippen LogP) is 2.83. The number of sulfone groups is 1. The van der Waals surface area contributed by atoms with Crippen molar-refractivity contribution in [3.8, 4) is 0 Å². The Morgan fingerprint density at radius 1 is 1.30 bits per heavy atom. The Labute approximate surface area is 147 Å². The lowest BCUT2D eigenvalue weighted by Gasteiger charge is -2.29. The summed E-state index contributed by atoms with van der Waals surface area (Å²) in [4.78, 5) is -0.0865. The van der Waals surface area contributed by atoms with Crippen molar-refractivity contribution in [2.45, 2.75) is 31.2 Å². The molecule has 0 saturated carbocycles. The minimum absolute atomic E-state index is 0.00502. The molecule has 0 spiro atoms. The number of hydrogen-bond acceptors (Lipinski definition) is 4. The summed E-state index contributed by atoms with van der Waals surface area (Å²) in [5.74, 6) is -0.103. The molecule has 9 heteroatoms. The highest BCUT2D eigenvalue weighted by molar-refractivity contribution is 7.92. The summed E-state index contributed by atoms with van der Waals surface area (Å²) in [6, 6.07) is 3.85. The van der Waals surface area contributed by atoms with E-state index >= 15 is 0 Å². The fourth-order valence-corrected chi connectivity index (χ4v) is 7.00. The van der Waals surface area contributed by atoms with Crippen molar-refractivity contribution in [1.82, 2.24) is 4.31 Å². The third-order valence-corrected chi connectivity index (χ3v) is 8.31. The number of nitrogens with zero attached hydrogens (tertiary/aromatic N) is 1. The second-order valence-corrected chi connectivity index (χ2v) is 11.0. The summed E-state index contributed by atoms with van der Waals surface area (Å²) in [6.07, 6.45) is 0.298. The first-order valence-corrected chi connectivity index (χ1v) is 11.2. The van der Waals surface area contributed by atoms with Crippen LogP contribution in [0.4, 0.5) is 0 Å². The van der Waals surface area contributed by atoms with Crippen LogP contribution in [0.25, 0.3) is 0 Å². The summed E-state index contributed by atoms with van der Waals surface area (Å²) in [5, 5.41) is 0.111. The molecule has 0 aromatic heterocycles. The normalized spacial score (nSPS) is 21.2. The van der Waals surface area contributed by atoms with Crippen LogP contribution in [0.3, 0.4) is 0 Å². The zero-order chi connectivity index (χ0) is 17.4. The molecule has 23 heavy (non-hydrogen) atoms. The van der Waals surface area contributed by atoms with E-state index in [1.54, 1.807) is 0 Å². The van der Waals surface area contributed by atoms with Crippen LogP contribution in [0.15, 0.2) is 23.1 Å². The number of benzene rings is 1. The SMILES string of the molecule is CC(C)CN(C1CCS(=O)(=O)C1)S(=O)(=O)c1cccc(Cl)c1Cl. The monoisotopic (exact) mass is 399 g/mol. The van der Waals surface area contributed by atoms with E-state index in [4.69, 9.17) is 23.2 Å². The van der Waals surface area contributed by atoms with Gasteiger partial charge in [-0.05, 0) is 24.5 Å². The van der Waals surface area contributed by atoms with Crippen molar-refractivity contribution >= 4 is 43.1 Å². The number of halogens is 2. The molecule has 1 fully saturated rings. The molecule has 5 nitrogen and oxygen atoms in total. The Morgan fingerprint density at radius 3 is 2.48 bits per heavy atom. The van der Waals surface area contributed by atoms with Crippen LogP contribution in [0.1, 0.15) is 20.3 Å². The summed E-state index contributed by atoms with van der Waals surface area (Å²) >= 11 is 12.0. The van der Waals surface area contributed by atoms with E-state index in [-0.39, 0.29) is 38.9 Å². The molecule has 1 unspecified atom stereocenters. The van der Waals surface area contributed by atoms with Gasteiger partial charge >= 0.3 is 0 Å². The van der Waals surface area contributed by atoms with E-state index in [0.29, 0.717) is 6.42 Å². The van der Waals surface area contributed by atoms with Crippen molar-refractivity contribution in [3.63, 3.8) is 0 Å². The maximum Gasteiger partial charge on any atom is 0.244 e. The van der Waals surface area contributed by atoms with Gasteiger partial charge in [-0.25, -0.2) is 16.8 Å². The fraction of sp³-hybridized carbons (Fsp3) is 0.571. The second-order valence-electron chi connectivity index (χ2n) is 6.08. The maximum absolute atomic E-state index is 13.0. The van der Waals surface area contributed by atoms with Crippen molar-refractivity contribution in [2.24, 2.45) is 5.92 Å². The number of rotatable bonds is 5. The molecule has 1 aliphatic rings. The lowest BCUT2D eigenvalue weighted by Crippen LogP contribution is -2.43. The molecular formula is C14H19Cl2NO4S2. The summed E-state index contributed by atoms with van der Waals surface area (Å²) in [6.45, 7) is 3.99. The van der Waals surface area contributed by atoms with Crippen LogP contribution >= 0.6 is 23.2 Å². The van der Waals surface area contributed by atoms with Gasteiger partial charge in [0.25, 0.3) is 0 Å². The van der Waals surface area contributed by atoms with Gasteiger partial charge in [0, 0.05) is 12.6 Å². The highest BCUT2D eigenvalue weighted by atomic mass is 35.5. The standard InChI is InChI=1S/C14H19Cl2NO4S2/c1-10(2)8-17(11-6-7-22(18,19)9-11)23(20,21)13-5-3-4-12(15)14(13)16/h3-5,10-11H,6-9H2,1-2H3. The van der Waals surface area contributed by atoms with E-state index in [1.807, 2.05) is 13.8 Å². The van der Waals surface area contributed by atoms with Gasteiger partial charge in [-0.1, -0.05) is 43.1 Å². The van der Waals surface area contributed by atoms with Gasteiger partial charge in [0.2, 0.25) is 10.0 Å². The molecule has 1 aromatic rings. The zero-order valence-electron chi connectivity index (χ0n) is 12.9. The van der Waals surface area contributed by atoms with E-state index in [1.165, 1.54) is 22.5 Å². The molecule has 1 atom stereocenters. The molecule has 1 aliphatic heterocycles. The van der Waals surface area contributed by atoms with Crippen molar-refractivity contribution in [2.75, 3.05) is 18.1 Å². The van der Waals surface area contributed by atoms with Gasteiger partial charge in [0.1, 0.15) is 4.90 Å². The average molecular weight is 400 g/mol. The Balaban J connectivity index is 2.48. The van der Waals surface area contributed by atoms with E-state index < -0.39 is 25.9 Å². The third kappa shape index (κ3) is 4.20. The molecular weight excluding hydrogens is 381 g/mol. The van der Waals surface area contributed by atoms with Gasteiger partial charge in [-0.2, -0.15) is 4.31 Å². The molecule has 0 radical (unpaired) electrons. The van der Waals surface area contributed by atoms with Crippen molar-refractivity contribution < 1.29 is 16.8 Å². The number of sulfonamides is 1. The van der Waals surface area contributed by atoms with Crippen molar-refractivity contribution in [1.29, 1.82) is 0 Å².